The van der Waals surface area contributed by atoms with Crippen molar-refractivity contribution in [1.82, 2.24) is 4.90 Å². The summed E-state index contributed by atoms with van der Waals surface area (Å²) < 4.78 is 0. The van der Waals surface area contributed by atoms with Gasteiger partial charge in [-0.2, -0.15) is 5.26 Å². The van der Waals surface area contributed by atoms with Gasteiger partial charge in [-0.15, -0.1) is 0 Å². The van der Waals surface area contributed by atoms with E-state index in [1.54, 1.807) is 29.2 Å². The lowest BCUT2D eigenvalue weighted by molar-refractivity contribution is -0.148. The molecule has 0 aromatic heterocycles. The van der Waals surface area contributed by atoms with Crippen LogP contribution in [-0.2, 0) is 4.79 Å². The van der Waals surface area contributed by atoms with E-state index in [1.807, 2.05) is 13.0 Å². The molecule has 1 aromatic rings. The van der Waals surface area contributed by atoms with Crippen LogP contribution in [0.1, 0.15) is 42.1 Å². The van der Waals surface area contributed by atoms with E-state index in [0.717, 1.165) is 6.42 Å². The van der Waals surface area contributed by atoms with E-state index in [9.17, 15) is 14.7 Å². The van der Waals surface area contributed by atoms with Crippen molar-refractivity contribution in [3.8, 4) is 6.07 Å². The van der Waals surface area contributed by atoms with Gasteiger partial charge in [0.15, 0.2) is 0 Å². The van der Waals surface area contributed by atoms with Gasteiger partial charge >= 0.3 is 5.97 Å². The summed E-state index contributed by atoms with van der Waals surface area (Å²) >= 11 is 0. The highest BCUT2D eigenvalue weighted by molar-refractivity contribution is 5.95. The standard InChI is InChI=1S/C16H18N2O3/c1-2-6-16(15(20)21)7-8-18(11-16)14(19)13-5-3-4-12(9-13)10-17/h3-5,9H,2,6-8,11H2,1H3,(H,20,21). The van der Waals surface area contributed by atoms with Gasteiger partial charge in [-0.1, -0.05) is 19.4 Å². The Labute approximate surface area is 123 Å². The number of carboxylic acid groups (broad SMARTS) is 1. The third kappa shape index (κ3) is 2.89. The van der Waals surface area contributed by atoms with Crippen molar-refractivity contribution in [3.05, 3.63) is 35.4 Å². The van der Waals surface area contributed by atoms with Gasteiger partial charge in [0, 0.05) is 18.7 Å². The normalized spacial score (nSPS) is 21.0. The van der Waals surface area contributed by atoms with Gasteiger partial charge < -0.3 is 10.0 Å². The first-order valence-corrected chi connectivity index (χ1v) is 7.05. The molecule has 5 nitrogen and oxygen atoms in total. The molecule has 110 valence electrons. The van der Waals surface area contributed by atoms with E-state index < -0.39 is 11.4 Å². The first kappa shape index (κ1) is 15.0. The quantitative estimate of drug-likeness (QED) is 0.920. The average molecular weight is 286 g/mol. The third-order valence-electron chi connectivity index (χ3n) is 4.06. The molecule has 1 amide bonds. The number of rotatable bonds is 4. The molecule has 2 rings (SSSR count). The molecule has 1 unspecified atom stereocenters. The topological polar surface area (TPSA) is 81.4 Å². The van der Waals surface area contributed by atoms with Crippen LogP contribution in [0.5, 0.6) is 0 Å². The molecule has 1 aliphatic heterocycles. The first-order valence-electron chi connectivity index (χ1n) is 7.05. The van der Waals surface area contributed by atoms with Crippen LogP contribution in [0.15, 0.2) is 24.3 Å². The van der Waals surface area contributed by atoms with Gasteiger partial charge in [0.2, 0.25) is 0 Å². The molecule has 1 heterocycles. The number of nitriles is 1. The van der Waals surface area contributed by atoms with Crippen LogP contribution in [0.3, 0.4) is 0 Å². The Kier molecular flexibility index (Phi) is 4.27. The minimum absolute atomic E-state index is 0.202. The zero-order chi connectivity index (χ0) is 15.5. The Morgan fingerprint density at radius 1 is 1.48 bits per heavy atom. The molecule has 0 spiro atoms. The number of carbonyl (C=O) groups is 2. The lowest BCUT2D eigenvalue weighted by atomic mass is 9.83. The Morgan fingerprint density at radius 2 is 2.24 bits per heavy atom. The number of hydrogen-bond donors (Lipinski definition) is 1. The maximum Gasteiger partial charge on any atom is 0.311 e. The molecule has 0 bridgehead atoms. The van der Waals surface area contributed by atoms with Gasteiger partial charge in [0.05, 0.1) is 17.0 Å². The first-order chi connectivity index (χ1) is 10.0. The number of hydrogen-bond acceptors (Lipinski definition) is 3. The zero-order valence-electron chi connectivity index (χ0n) is 12.0. The van der Waals surface area contributed by atoms with Gasteiger partial charge in [-0.3, -0.25) is 9.59 Å². The number of nitrogens with zero attached hydrogens (tertiary/aromatic N) is 2. The van der Waals surface area contributed by atoms with Crippen LogP contribution in [0.4, 0.5) is 0 Å². The molecule has 1 N–H and O–H groups in total. The predicted molar refractivity (Wildman–Crippen MR) is 76.7 cm³/mol. The minimum atomic E-state index is -0.828. The summed E-state index contributed by atoms with van der Waals surface area (Å²) in [6.45, 7) is 2.64. The summed E-state index contributed by atoms with van der Waals surface area (Å²) in [6.07, 6.45) is 1.84. The molecule has 0 radical (unpaired) electrons. The van der Waals surface area contributed by atoms with Crippen molar-refractivity contribution >= 4 is 11.9 Å². The summed E-state index contributed by atoms with van der Waals surface area (Å²) in [5.41, 5.74) is 0.0434. The van der Waals surface area contributed by atoms with Crippen LogP contribution in [0, 0.1) is 16.7 Å². The van der Waals surface area contributed by atoms with Crippen molar-refractivity contribution in [2.45, 2.75) is 26.2 Å². The summed E-state index contributed by atoms with van der Waals surface area (Å²) in [5, 5.41) is 18.3. The minimum Gasteiger partial charge on any atom is -0.481 e. The number of carbonyl (C=O) groups excluding carboxylic acids is 1. The van der Waals surface area contributed by atoms with E-state index in [2.05, 4.69) is 0 Å². The Bertz CT molecular complexity index is 606. The van der Waals surface area contributed by atoms with Crippen LogP contribution >= 0.6 is 0 Å². The van der Waals surface area contributed by atoms with Gasteiger partial charge in [-0.05, 0) is 31.0 Å². The van der Waals surface area contributed by atoms with Gasteiger partial charge in [-0.25, -0.2) is 0 Å². The SMILES string of the molecule is CCCC1(C(=O)O)CCN(C(=O)c2cccc(C#N)c2)C1. The number of aliphatic carboxylic acids is 1. The fraction of sp³-hybridized carbons (Fsp3) is 0.438. The fourth-order valence-electron chi connectivity index (χ4n) is 2.91. The fourth-order valence-corrected chi connectivity index (χ4v) is 2.91. The van der Waals surface area contributed by atoms with E-state index in [0.29, 0.717) is 30.5 Å². The summed E-state index contributed by atoms with van der Waals surface area (Å²) in [4.78, 5) is 25.6. The molecule has 1 aliphatic rings. The summed E-state index contributed by atoms with van der Waals surface area (Å²) in [5.74, 6) is -1.03. The van der Waals surface area contributed by atoms with Crippen molar-refractivity contribution in [2.75, 3.05) is 13.1 Å². The van der Waals surface area contributed by atoms with Gasteiger partial charge in [0.25, 0.3) is 5.91 Å². The van der Waals surface area contributed by atoms with Crippen LogP contribution in [0.25, 0.3) is 0 Å². The lowest BCUT2D eigenvalue weighted by Gasteiger charge is -2.24. The van der Waals surface area contributed by atoms with E-state index in [4.69, 9.17) is 5.26 Å². The molecule has 21 heavy (non-hydrogen) atoms. The number of carboxylic acids is 1. The van der Waals surface area contributed by atoms with Crippen LogP contribution in [-0.4, -0.2) is 35.0 Å². The monoisotopic (exact) mass is 286 g/mol. The largest absolute Gasteiger partial charge is 0.481 e. The maximum absolute atomic E-state index is 12.5. The highest BCUT2D eigenvalue weighted by Gasteiger charge is 2.45. The van der Waals surface area contributed by atoms with Crippen molar-refractivity contribution < 1.29 is 14.7 Å². The predicted octanol–water partition coefficient (Wildman–Crippen LogP) is 2.28. The maximum atomic E-state index is 12.5. The molecular formula is C16H18N2O3. The molecular weight excluding hydrogens is 268 g/mol. The number of amides is 1. The lowest BCUT2D eigenvalue weighted by Crippen LogP contribution is -2.36. The Hall–Kier alpha value is -2.35. The summed E-state index contributed by atoms with van der Waals surface area (Å²) in [7, 11) is 0. The smallest absolute Gasteiger partial charge is 0.311 e. The Morgan fingerprint density at radius 3 is 2.86 bits per heavy atom. The van der Waals surface area contributed by atoms with Gasteiger partial charge in [0.1, 0.15) is 0 Å². The second kappa shape index (κ2) is 5.96. The van der Waals surface area contributed by atoms with E-state index >= 15 is 0 Å². The average Bonchev–Trinajstić information content (AvgIpc) is 2.92. The van der Waals surface area contributed by atoms with Crippen LogP contribution in [0.2, 0.25) is 0 Å². The number of likely N-dealkylation sites (tertiary alicyclic amines) is 1. The Balaban J connectivity index is 2.18. The van der Waals surface area contributed by atoms with Crippen molar-refractivity contribution in [1.29, 1.82) is 5.26 Å². The van der Waals surface area contributed by atoms with E-state index in [1.165, 1.54) is 0 Å². The molecule has 1 fully saturated rings. The molecule has 1 aromatic carbocycles. The zero-order valence-corrected chi connectivity index (χ0v) is 12.0. The molecule has 0 saturated carbocycles. The second-order valence-corrected chi connectivity index (χ2v) is 5.50. The highest BCUT2D eigenvalue weighted by Crippen LogP contribution is 2.36. The summed E-state index contributed by atoms with van der Waals surface area (Å²) in [6, 6.07) is 8.51. The third-order valence-corrected chi connectivity index (χ3v) is 4.06. The van der Waals surface area contributed by atoms with E-state index in [-0.39, 0.29) is 12.5 Å². The number of benzene rings is 1. The molecule has 1 saturated heterocycles. The second-order valence-electron chi connectivity index (χ2n) is 5.50. The molecule has 1 atom stereocenters. The molecule has 5 heteroatoms. The van der Waals surface area contributed by atoms with Crippen molar-refractivity contribution in [3.63, 3.8) is 0 Å². The van der Waals surface area contributed by atoms with Crippen molar-refractivity contribution in [2.24, 2.45) is 5.41 Å². The highest BCUT2D eigenvalue weighted by atomic mass is 16.4. The van der Waals surface area contributed by atoms with Crippen LogP contribution < -0.4 is 0 Å². The molecule has 0 aliphatic carbocycles.